The number of rotatable bonds is 8. The lowest BCUT2D eigenvalue weighted by Crippen LogP contribution is -2.41. The highest BCUT2D eigenvalue weighted by molar-refractivity contribution is 6.31. The summed E-state index contributed by atoms with van der Waals surface area (Å²) < 4.78 is 16.7. The largest absolute Gasteiger partial charge is 0.466 e. The van der Waals surface area contributed by atoms with Gasteiger partial charge in [0, 0.05) is 42.2 Å². The molecule has 3 N–H and O–H groups in total. The SMILES string of the molecule is COC(=O)C(OC(C)=O)c1cc(CNC(=O)OC(C)(C)C)ccc1NC(=O)C[C@@H]1CCc2cc(Cl)cc3[nH]c(=O)c(=O)n1c23. The van der Waals surface area contributed by atoms with Crippen molar-refractivity contribution >= 4 is 52.3 Å². The Morgan fingerprint density at radius 3 is 2.52 bits per heavy atom. The number of nitrogens with one attached hydrogen (secondary N) is 3. The van der Waals surface area contributed by atoms with Crippen molar-refractivity contribution in [3.63, 3.8) is 0 Å². The van der Waals surface area contributed by atoms with E-state index in [1.54, 1.807) is 39.0 Å². The molecule has 1 unspecified atom stereocenters. The molecule has 2 atom stereocenters. The van der Waals surface area contributed by atoms with Crippen LogP contribution in [0, 0.1) is 0 Å². The molecule has 2 amide bonds. The summed E-state index contributed by atoms with van der Waals surface area (Å²) in [4.78, 5) is 78.0. The number of H-pyrrole nitrogens is 1. The Hall–Kier alpha value is -4.65. The monoisotopic (exact) mass is 628 g/mol. The van der Waals surface area contributed by atoms with Crippen molar-refractivity contribution in [2.24, 2.45) is 0 Å². The van der Waals surface area contributed by atoms with Crippen molar-refractivity contribution in [1.29, 1.82) is 0 Å². The van der Waals surface area contributed by atoms with E-state index in [0.717, 1.165) is 19.6 Å². The van der Waals surface area contributed by atoms with Crippen molar-refractivity contribution in [2.75, 3.05) is 12.4 Å². The molecule has 0 radical (unpaired) electrons. The Balaban J connectivity index is 1.64. The van der Waals surface area contributed by atoms with Gasteiger partial charge in [-0.25, -0.2) is 9.59 Å². The number of nitrogens with zero attached hydrogens (tertiary/aromatic N) is 1. The minimum absolute atomic E-state index is 0.00290. The molecular formula is C30H33ClN4O9. The lowest BCUT2D eigenvalue weighted by Gasteiger charge is -2.27. The van der Waals surface area contributed by atoms with E-state index < -0.39 is 52.8 Å². The van der Waals surface area contributed by atoms with Crippen molar-refractivity contribution in [2.45, 2.75) is 71.2 Å². The van der Waals surface area contributed by atoms with Crippen molar-refractivity contribution in [3.8, 4) is 0 Å². The predicted molar refractivity (Wildman–Crippen MR) is 160 cm³/mol. The molecule has 4 rings (SSSR count). The Bertz CT molecular complexity index is 1760. The van der Waals surface area contributed by atoms with Gasteiger partial charge in [0.15, 0.2) is 0 Å². The molecule has 1 aromatic heterocycles. The highest BCUT2D eigenvalue weighted by Crippen LogP contribution is 2.33. The van der Waals surface area contributed by atoms with Crippen molar-refractivity contribution < 1.29 is 33.4 Å². The van der Waals surface area contributed by atoms with Gasteiger partial charge in [-0.15, -0.1) is 0 Å². The van der Waals surface area contributed by atoms with Crippen LogP contribution in [-0.2, 0) is 41.6 Å². The number of esters is 2. The van der Waals surface area contributed by atoms with Gasteiger partial charge in [0.2, 0.25) is 12.0 Å². The summed E-state index contributed by atoms with van der Waals surface area (Å²) in [5.41, 5.74) is 0.0742. The fourth-order valence-corrected chi connectivity index (χ4v) is 5.31. The number of ether oxygens (including phenoxy) is 3. The summed E-state index contributed by atoms with van der Waals surface area (Å²) >= 11 is 6.19. The van der Waals surface area contributed by atoms with E-state index in [1.165, 1.54) is 16.7 Å². The maximum Gasteiger partial charge on any atom is 0.407 e. The molecule has 0 fully saturated rings. The van der Waals surface area contributed by atoms with Crippen LogP contribution in [-0.4, -0.2) is 46.2 Å². The molecule has 1 aliphatic heterocycles. The van der Waals surface area contributed by atoms with Gasteiger partial charge in [0.1, 0.15) is 5.60 Å². The second kappa shape index (κ2) is 12.9. The third-order valence-electron chi connectivity index (χ3n) is 6.80. The van der Waals surface area contributed by atoms with E-state index in [-0.39, 0.29) is 24.2 Å². The molecule has 2 heterocycles. The molecule has 234 valence electrons. The minimum atomic E-state index is -1.53. The zero-order chi connectivity index (χ0) is 32.3. The number of alkyl carbamates (subject to hydrolysis) is 1. The molecule has 2 aromatic carbocycles. The van der Waals surface area contributed by atoms with E-state index in [0.29, 0.717) is 34.5 Å². The molecular weight excluding hydrogens is 596 g/mol. The van der Waals surface area contributed by atoms with Crippen LogP contribution in [0.25, 0.3) is 11.0 Å². The number of carbonyl (C=O) groups is 4. The first-order valence-corrected chi connectivity index (χ1v) is 14.2. The standard InChI is InChI=1S/C30H33ClN4O9/c1-15(36)43-25(28(40)42-5)20-10-16(14-32-29(41)44-30(2,3)4)6-9-21(20)33-23(37)13-19-8-7-17-11-18(31)12-22-24(17)35(19)27(39)26(38)34-22/h6,9-12,19,25H,7-8,13-14H2,1-5H3,(H,32,41)(H,33,37)(H,34,38)/t19-,25?/m0/s1. The summed E-state index contributed by atoms with van der Waals surface area (Å²) in [5.74, 6) is -2.19. The fourth-order valence-electron chi connectivity index (χ4n) is 5.07. The summed E-state index contributed by atoms with van der Waals surface area (Å²) in [6.07, 6.45) is -1.48. The Labute approximate surface area is 256 Å². The van der Waals surface area contributed by atoms with Crippen molar-refractivity contribution in [3.05, 3.63) is 72.8 Å². The number of methoxy groups -OCH3 is 1. The van der Waals surface area contributed by atoms with Gasteiger partial charge in [0.25, 0.3) is 0 Å². The third-order valence-corrected chi connectivity index (χ3v) is 7.01. The normalized spacial score (nSPS) is 14.8. The van der Waals surface area contributed by atoms with E-state index >= 15 is 0 Å². The number of aryl methyl sites for hydroxylation is 1. The van der Waals surface area contributed by atoms with Crippen LogP contribution in [0.2, 0.25) is 5.02 Å². The zero-order valence-electron chi connectivity index (χ0n) is 24.9. The van der Waals surface area contributed by atoms with E-state index in [2.05, 4.69) is 15.6 Å². The van der Waals surface area contributed by atoms with Crippen LogP contribution in [0.3, 0.4) is 0 Å². The number of benzene rings is 2. The van der Waals surface area contributed by atoms with Gasteiger partial charge in [-0.3, -0.25) is 23.7 Å². The number of carbonyl (C=O) groups excluding carboxylic acids is 4. The van der Waals surface area contributed by atoms with Gasteiger partial charge in [-0.2, -0.15) is 0 Å². The molecule has 3 aromatic rings. The Kier molecular flexibility index (Phi) is 9.47. The first-order valence-electron chi connectivity index (χ1n) is 13.8. The highest BCUT2D eigenvalue weighted by Gasteiger charge is 2.30. The van der Waals surface area contributed by atoms with Gasteiger partial charge in [-0.1, -0.05) is 17.7 Å². The van der Waals surface area contributed by atoms with Crippen LogP contribution in [0.15, 0.2) is 39.9 Å². The van der Waals surface area contributed by atoms with Gasteiger partial charge >= 0.3 is 29.2 Å². The second-order valence-corrected chi connectivity index (χ2v) is 11.8. The van der Waals surface area contributed by atoms with Crippen molar-refractivity contribution in [1.82, 2.24) is 14.9 Å². The maximum atomic E-state index is 13.4. The molecule has 0 aliphatic carbocycles. The number of halogens is 1. The highest BCUT2D eigenvalue weighted by atomic mass is 35.5. The number of hydrogen-bond donors (Lipinski definition) is 3. The summed E-state index contributed by atoms with van der Waals surface area (Å²) in [6, 6.07) is 7.21. The fraction of sp³-hybridized carbons (Fsp3) is 0.400. The quantitative estimate of drug-likeness (QED) is 0.191. The first-order chi connectivity index (χ1) is 20.7. The lowest BCUT2D eigenvalue weighted by molar-refractivity contribution is -0.165. The first kappa shape index (κ1) is 32.3. The third kappa shape index (κ3) is 7.46. The predicted octanol–water partition coefficient (Wildman–Crippen LogP) is 3.66. The van der Waals surface area contributed by atoms with E-state index in [1.807, 2.05) is 0 Å². The maximum absolute atomic E-state index is 13.4. The summed E-state index contributed by atoms with van der Waals surface area (Å²) in [6.45, 7) is 6.28. The number of hydrogen-bond acceptors (Lipinski definition) is 9. The molecule has 44 heavy (non-hydrogen) atoms. The van der Waals surface area contributed by atoms with Crippen LogP contribution >= 0.6 is 11.6 Å². The number of amides is 2. The average molecular weight is 629 g/mol. The van der Waals surface area contributed by atoms with Crippen LogP contribution in [0.5, 0.6) is 0 Å². The van der Waals surface area contributed by atoms with Crippen LogP contribution < -0.4 is 21.8 Å². The number of aromatic amines is 1. The van der Waals surface area contributed by atoms with E-state index in [9.17, 15) is 28.8 Å². The smallest absolute Gasteiger partial charge is 0.407 e. The van der Waals surface area contributed by atoms with Gasteiger partial charge in [0.05, 0.1) is 18.1 Å². The molecule has 0 spiro atoms. The Morgan fingerprint density at radius 1 is 1.14 bits per heavy atom. The van der Waals surface area contributed by atoms with Crippen LogP contribution in [0.4, 0.5) is 10.5 Å². The Morgan fingerprint density at radius 2 is 1.86 bits per heavy atom. The zero-order valence-corrected chi connectivity index (χ0v) is 25.6. The molecule has 1 aliphatic rings. The molecule has 0 saturated carbocycles. The van der Waals surface area contributed by atoms with Gasteiger partial charge < -0.3 is 29.8 Å². The van der Waals surface area contributed by atoms with Crippen LogP contribution in [0.1, 0.15) is 69.4 Å². The minimum Gasteiger partial charge on any atom is -0.466 e. The van der Waals surface area contributed by atoms with Gasteiger partial charge in [-0.05, 0) is 69.0 Å². The molecule has 14 heteroatoms. The number of aromatic nitrogens is 2. The summed E-state index contributed by atoms with van der Waals surface area (Å²) in [5, 5.41) is 5.76. The average Bonchev–Trinajstić information content (AvgIpc) is 2.93. The second-order valence-electron chi connectivity index (χ2n) is 11.3. The van der Waals surface area contributed by atoms with E-state index in [4.69, 9.17) is 25.8 Å². The molecule has 13 nitrogen and oxygen atoms in total. The lowest BCUT2D eigenvalue weighted by atomic mass is 9.95. The molecule has 0 saturated heterocycles. The number of anilines is 1. The summed E-state index contributed by atoms with van der Waals surface area (Å²) in [7, 11) is 1.12. The topological polar surface area (TPSA) is 175 Å². The molecule has 0 bridgehead atoms.